The number of rotatable bonds is 16. The molecule has 1 aromatic rings. The van der Waals surface area contributed by atoms with E-state index in [0.717, 1.165) is 12.2 Å². The molecular weight excluding hydrogens is 428 g/mol. The normalized spacial score (nSPS) is 9.74. The molecule has 0 aromatic heterocycles. The number of esters is 2. The largest absolute Gasteiger partial charge is 0.490 e. The Kier molecular flexibility index (Phi) is 19.3. The van der Waals surface area contributed by atoms with Crippen LogP contribution in [-0.2, 0) is 33.3 Å². The van der Waals surface area contributed by atoms with Crippen LogP contribution in [0.4, 0.5) is 0 Å². The van der Waals surface area contributed by atoms with E-state index in [1.54, 1.807) is 24.3 Å². The minimum Gasteiger partial charge on any atom is -0.490 e. The molecule has 9 heteroatoms. The molecule has 0 spiro atoms. The molecule has 0 aliphatic rings. The fourth-order valence-corrected chi connectivity index (χ4v) is 1.86. The zero-order chi connectivity index (χ0) is 23.2. The van der Waals surface area contributed by atoms with E-state index >= 15 is 0 Å². The van der Waals surface area contributed by atoms with Crippen LogP contribution < -0.4 is 4.74 Å². The zero-order valence-electron chi connectivity index (χ0n) is 17.9. The van der Waals surface area contributed by atoms with Crippen molar-refractivity contribution in [2.45, 2.75) is 6.92 Å². The van der Waals surface area contributed by atoms with Crippen LogP contribution in [0.5, 0.6) is 5.75 Å². The van der Waals surface area contributed by atoms with Crippen LogP contribution in [0.3, 0.4) is 0 Å². The predicted octanol–water partition coefficient (Wildman–Crippen LogP) is 3.23. The highest BCUT2D eigenvalue weighted by Crippen LogP contribution is 2.15. The molecule has 31 heavy (non-hydrogen) atoms. The molecule has 0 aliphatic carbocycles. The molecule has 174 valence electrons. The summed E-state index contributed by atoms with van der Waals surface area (Å²) >= 11 is 5.70. The standard InChI is InChI=1S/C11H11ClO3.C11H20O5/c1-2-11(13)15-8-7-14-10-5-3-9(12)4-6-10;1-3-11(12)16-10-9-15-8-7-14-6-5-13-4-2/h2-6H,1,7-8H2;3H,1,4-10H2,2H3. The van der Waals surface area contributed by atoms with Crippen LogP contribution in [0, 0.1) is 0 Å². The molecule has 0 aliphatic heterocycles. The summed E-state index contributed by atoms with van der Waals surface area (Å²) < 4.78 is 30.2. The Hall–Kier alpha value is -2.39. The number of carbonyl (C=O) groups excluding carboxylic acids is 2. The minimum atomic E-state index is -0.449. The van der Waals surface area contributed by atoms with Gasteiger partial charge in [-0.25, -0.2) is 9.59 Å². The van der Waals surface area contributed by atoms with Crippen molar-refractivity contribution >= 4 is 23.5 Å². The van der Waals surface area contributed by atoms with Crippen LogP contribution in [0.25, 0.3) is 0 Å². The highest BCUT2D eigenvalue weighted by atomic mass is 35.5. The average Bonchev–Trinajstić information content (AvgIpc) is 2.79. The van der Waals surface area contributed by atoms with E-state index in [9.17, 15) is 9.59 Å². The molecule has 0 fully saturated rings. The smallest absolute Gasteiger partial charge is 0.330 e. The molecule has 0 unspecified atom stereocenters. The van der Waals surface area contributed by atoms with E-state index in [1.807, 2.05) is 6.92 Å². The Labute approximate surface area is 188 Å². The topological polar surface area (TPSA) is 89.5 Å². The van der Waals surface area contributed by atoms with Gasteiger partial charge in [0.15, 0.2) is 0 Å². The molecular formula is C22H31ClO8. The Balaban J connectivity index is 0.000000581. The van der Waals surface area contributed by atoms with Crippen LogP contribution in [0.2, 0.25) is 5.02 Å². The summed E-state index contributed by atoms with van der Waals surface area (Å²) in [7, 11) is 0. The van der Waals surface area contributed by atoms with E-state index < -0.39 is 11.9 Å². The van der Waals surface area contributed by atoms with Crippen molar-refractivity contribution < 1.29 is 38.0 Å². The van der Waals surface area contributed by atoms with Crippen LogP contribution in [0.1, 0.15) is 6.92 Å². The Bertz CT molecular complexity index is 618. The summed E-state index contributed by atoms with van der Waals surface area (Å²) in [5.74, 6) is -0.194. The van der Waals surface area contributed by atoms with E-state index in [2.05, 4.69) is 13.2 Å². The highest BCUT2D eigenvalue weighted by molar-refractivity contribution is 6.30. The maximum atomic E-state index is 10.7. The first kappa shape index (κ1) is 28.6. The molecule has 8 nitrogen and oxygen atoms in total. The van der Waals surface area contributed by atoms with Crippen molar-refractivity contribution in [3.05, 3.63) is 54.6 Å². The van der Waals surface area contributed by atoms with E-state index in [0.29, 0.717) is 57.0 Å². The number of benzene rings is 1. The second kappa shape index (κ2) is 20.9. The van der Waals surface area contributed by atoms with Gasteiger partial charge in [-0.05, 0) is 31.2 Å². The van der Waals surface area contributed by atoms with Crippen LogP contribution in [-0.4, -0.2) is 71.4 Å². The molecule has 1 rings (SSSR count). The maximum Gasteiger partial charge on any atom is 0.330 e. The number of ether oxygens (including phenoxy) is 6. The Morgan fingerprint density at radius 3 is 1.71 bits per heavy atom. The molecule has 0 bridgehead atoms. The van der Waals surface area contributed by atoms with E-state index in [1.165, 1.54) is 0 Å². The fourth-order valence-electron chi connectivity index (χ4n) is 1.74. The first-order valence-corrected chi connectivity index (χ1v) is 10.1. The predicted molar refractivity (Wildman–Crippen MR) is 117 cm³/mol. The van der Waals surface area contributed by atoms with Crippen molar-refractivity contribution in [2.24, 2.45) is 0 Å². The van der Waals surface area contributed by atoms with Gasteiger partial charge in [-0.2, -0.15) is 0 Å². The monoisotopic (exact) mass is 458 g/mol. The van der Waals surface area contributed by atoms with Gasteiger partial charge in [0.1, 0.15) is 25.6 Å². The summed E-state index contributed by atoms with van der Waals surface area (Å²) in [5.41, 5.74) is 0. The van der Waals surface area contributed by atoms with Crippen molar-refractivity contribution in [1.82, 2.24) is 0 Å². The molecule has 0 saturated carbocycles. The second-order valence-electron chi connectivity index (χ2n) is 5.47. The molecule has 0 heterocycles. The summed E-state index contributed by atoms with van der Waals surface area (Å²) in [5, 5.41) is 0.653. The minimum absolute atomic E-state index is 0.202. The third kappa shape index (κ3) is 19.3. The molecule has 0 saturated heterocycles. The van der Waals surface area contributed by atoms with Gasteiger partial charge in [0, 0.05) is 23.8 Å². The van der Waals surface area contributed by atoms with Crippen molar-refractivity contribution in [1.29, 1.82) is 0 Å². The van der Waals surface area contributed by atoms with E-state index in [4.69, 9.17) is 40.0 Å². The summed E-state index contributed by atoms with van der Waals surface area (Å²) in [6.07, 6.45) is 2.24. The van der Waals surface area contributed by atoms with Gasteiger partial charge < -0.3 is 28.4 Å². The van der Waals surface area contributed by atoms with Crippen LogP contribution in [0.15, 0.2) is 49.6 Å². The van der Waals surface area contributed by atoms with Crippen molar-refractivity contribution in [3.8, 4) is 5.75 Å². The number of halogens is 1. The lowest BCUT2D eigenvalue weighted by Crippen LogP contribution is -2.13. The second-order valence-corrected chi connectivity index (χ2v) is 5.90. The van der Waals surface area contributed by atoms with Gasteiger partial charge in [-0.3, -0.25) is 0 Å². The van der Waals surface area contributed by atoms with Gasteiger partial charge in [-0.15, -0.1) is 0 Å². The Morgan fingerprint density at radius 1 is 0.774 bits per heavy atom. The fraction of sp³-hybridized carbons (Fsp3) is 0.455. The van der Waals surface area contributed by atoms with Crippen molar-refractivity contribution in [2.75, 3.05) is 59.5 Å². The quantitative estimate of drug-likeness (QED) is 0.212. The van der Waals surface area contributed by atoms with Gasteiger partial charge in [0.05, 0.1) is 33.0 Å². The summed E-state index contributed by atoms with van der Waals surface area (Å²) in [4.78, 5) is 21.3. The molecule has 0 atom stereocenters. The summed E-state index contributed by atoms with van der Waals surface area (Å²) in [6, 6.07) is 6.95. The third-order valence-electron chi connectivity index (χ3n) is 3.16. The maximum absolute atomic E-state index is 10.7. The van der Waals surface area contributed by atoms with Gasteiger partial charge in [0.25, 0.3) is 0 Å². The van der Waals surface area contributed by atoms with Gasteiger partial charge >= 0.3 is 11.9 Å². The zero-order valence-corrected chi connectivity index (χ0v) is 18.6. The first-order valence-electron chi connectivity index (χ1n) is 9.73. The third-order valence-corrected chi connectivity index (χ3v) is 3.42. The molecule has 0 amide bonds. The molecule has 0 radical (unpaired) electrons. The number of hydrogen-bond acceptors (Lipinski definition) is 8. The van der Waals surface area contributed by atoms with Crippen molar-refractivity contribution in [3.63, 3.8) is 0 Å². The highest BCUT2D eigenvalue weighted by Gasteiger charge is 1.97. The molecule has 0 N–H and O–H groups in total. The number of hydrogen-bond donors (Lipinski definition) is 0. The number of carbonyl (C=O) groups is 2. The summed E-state index contributed by atoms with van der Waals surface area (Å²) in [6.45, 7) is 12.5. The SMILES string of the molecule is C=CC(=O)OCCOCCOCCOCC.C=CC(=O)OCCOc1ccc(Cl)cc1. The first-order chi connectivity index (χ1) is 15.0. The Morgan fingerprint density at radius 2 is 1.23 bits per heavy atom. The van der Waals surface area contributed by atoms with Gasteiger partial charge in [0.2, 0.25) is 0 Å². The van der Waals surface area contributed by atoms with Gasteiger partial charge in [-0.1, -0.05) is 24.8 Å². The lowest BCUT2D eigenvalue weighted by atomic mass is 10.3. The van der Waals surface area contributed by atoms with Crippen LogP contribution >= 0.6 is 11.6 Å². The molecule has 1 aromatic carbocycles. The lowest BCUT2D eigenvalue weighted by molar-refractivity contribution is -0.139. The average molecular weight is 459 g/mol. The lowest BCUT2D eigenvalue weighted by Gasteiger charge is -2.06. The van der Waals surface area contributed by atoms with E-state index in [-0.39, 0.29) is 13.2 Å².